The molecule has 0 aromatic carbocycles. The van der Waals surface area contributed by atoms with Gasteiger partial charge in [0, 0.05) is 6.08 Å². The van der Waals surface area contributed by atoms with Crippen LogP contribution < -0.4 is 0 Å². The number of carboxylic acid groups (broad SMARTS) is 1. The van der Waals surface area contributed by atoms with Gasteiger partial charge >= 0.3 is 5.97 Å². The first-order valence-electron chi connectivity index (χ1n) is 4.03. The Hall–Kier alpha value is -1.80. The molecule has 0 aliphatic rings. The number of aliphatic carboxylic acids is 1. The molecule has 0 fully saturated rings. The van der Waals surface area contributed by atoms with Gasteiger partial charge in [-0.25, -0.2) is 9.78 Å². The Kier molecular flexibility index (Phi) is 3.89. The Morgan fingerprint density at radius 3 is 2.93 bits per heavy atom. The van der Waals surface area contributed by atoms with Crippen LogP contribution in [0.2, 0.25) is 0 Å². The van der Waals surface area contributed by atoms with Crippen molar-refractivity contribution in [2.45, 2.75) is 5.03 Å². The Morgan fingerprint density at radius 2 is 2.40 bits per heavy atom. The van der Waals surface area contributed by atoms with Gasteiger partial charge in [0.25, 0.3) is 0 Å². The summed E-state index contributed by atoms with van der Waals surface area (Å²) in [5.74, 6) is -1.02. The van der Waals surface area contributed by atoms with Crippen LogP contribution in [-0.2, 0) is 4.79 Å². The van der Waals surface area contributed by atoms with Gasteiger partial charge < -0.3 is 5.11 Å². The topological polar surface area (TPSA) is 74.0 Å². The number of aromatic nitrogens is 1. The minimum absolute atomic E-state index is 0.495. The maximum absolute atomic E-state index is 10.3. The number of rotatable bonds is 3. The lowest BCUT2D eigenvalue weighted by molar-refractivity contribution is -0.131. The number of nitrogens with zero attached hydrogens (tertiary/aromatic N) is 2. The summed E-state index contributed by atoms with van der Waals surface area (Å²) >= 11 is 1.35. The summed E-state index contributed by atoms with van der Waals surface area (Å²) in [6, 6.07) is 5.25. The van der Waals surface area contributed by atoms with E-state index >= 15 is 0 Å². The van der Waals surface area contributed by atoms with Crippen molar-refractivity contribution in [1.82, 2.24) is 4.98 Å². The first kappa shape index (κ1) is 11.3. The van der Waals surface area contributed by atoms with E-state index in [1.807, 2.05) is 12.3 Å². The molecule has 1 heterocycles. The fraction of sp³-hybridized carbons (Fsp3) is 0.100. The van der Waals surface area contributed by atoms with Crippen LogP contribution in [0.15, 0.2) is 23.2 Å². The SMILES string of the molecule is CSc1nc(/C=C/C(=O)O)ccc1C#N. The number of carbonyl (C=O) groups is 1. The molecular weight excluding hydrogens is 212 g/mol. The Morgan fingerprint density at radius 1 is 1.67 bits per heavy atom. The van der Waals surface area contributed by atoms with E-state index in [9.17, 15) is 4.79 Å². The highest BCUT2D eigenvalue weighted by Crippen LogP contribution is 2.17. The van der Waals surface area contributed by atoms with Crippen LogP contribution in [0.4, 0.5) is 0 Å². The van der Waals surface area contributed by atoms with Crippen LogP contribution in [0, 0.1) is 11.3 Å². The zero-order valence-electron chi connectivity index (χ0n) is 7.97. The summed E-state index contributed by atoms with van der Waals surface area (Å²) in [7, 11) is 0. The molecule has 0 amide bonds. The molecule has 4 nitrogen and oxygen atoms in total. The molecule has 0 aliphatic carbocycles. The maximum atomic E-state index is 10.3. The Labute approximate surface area is 91.3 Å². The molecule has 1 N–H and O–H groups in total. The summed E-state index contributed by atoms with van der Waals surface area (Å²) in [6.07, 6.45) is 4.22. The first-order chi connectivity index (χ1) is 7.17. The third-order valence-electron chi connectivity index (χ3n) is 1.59. The van der Waals surface area contributed by atoms with E-state index < -0.39 is 5.97 Å². The minimum atomic E-state index is -1.02. The van der Waals surface area contributed by atoms with Crippen LogP contribution >= 0.6 is 11.8 Å². The lowest BCUT2D eigenvalue weighted by atomic mass is 10.2. The average Bonchev–Trinajstić information content (AvgIpc) is 2.25. The van der Waals surface area contributed by atoms with E-state index in [1.54, 1.807) is 12.1 Å². The summed E-state index contributed by atoms with van der Waals surface area (Å²) in [4.78, 5) is 14.4. The van der Waals surface area contributed by atoms with Crippen molar-refractivity contribution in [2.75, 3.05) is 6.26 Å². The highest BCUT2D eigenvalue weighted by atomic mass is 32.2. The molecule has 0 radical (unpaired) electrons. The van der Waals surface area contributed by atoms with Gasteiger partial charge in [0.05, 0.1) is 11.3 Å². The molecule has 0 spiro atoms. The highest BCUT2D eigenvalue weighted by Gasteiger charge is 2.02. The molecule has 0 atom stereocenters. The second-order valence-corrected chi connectivity index (χ2v) is 3.37. The van der Waals surface area contributed by atoms with Crippen molar-refractivity contribution in [3.8, 4) is 6.07 Å². The highest BCUT2D eigenvalue weighted by molar-refractivity contribution is 7.98. The third-order valence-corrected chi connectivity index (χ3v) is 2.29. The minimum Gasteiger partial charge on any atom is -0.478 e. The number of nitriles is 1. The number of thioether (sulfide) groups is 1. The largest absolute Gasteiger partial charge is 0.478 e. The summed E-state index contributed by atoms with van der Waals surface area (Å²) in [6.45, 7) is 0. The molecule has 1 aromatic heterocycles. The van der Waals surface area contributed by atoms with Gasteiger partial charge in [0.2, 0.25) is 0 Å². The normalized spacial score (nSPS) is 10.1. The predicted octanol–water partition coefficient (Wildman–Crippen LogP) is 1.77. The standard InChI is InChI=1S/C10H8N2O2S/c1-15-10-7(6-11)2-3-8(12-10)4-5-9(13)14/h2-5H,1H3,(H,13,14)/b5-4+. The maximum Gasteiger partial charge on any atom is 0.328 e. The van der Waals surface area contributed by atoms with Gasteiger partial charge in [0.15, 0.2) is 0 Å². The average molecular weight is 220 g/mol. The Bertz CT molecular complexity index is 449. The molecular formula is C10H8N2O2S. The number of hydrogen-bond donors (Lipinski definition) is 1. The van der Waals surface area contributed by atoms with Crippen molar-refractivity contribution in [1.29, 1.82) is 5.26 Å². The van der Waals surface area contributed by atoms with Crippen LogP contribution in [0.25, 0.3) is 6.08 Å². The van der Waals surface area contributed by atoms with E-state index in [2.05, 4.69) is 4.98 Å². The van der Waals surface area contributed by atoms with Crippen LogP contribution in [0.3, 0.4) is 0 Å². The second kappa shape index (κ2) is 5.17. The molecule has 0 aliphatic heterocycles. The zero-order chi connectivity index (χ0) is 11.3. The second-order valence-electron chi connectivity index (χ2n) is 2.58. The van der Waals surface area contributed by atoms with E-state index in [0.717, 1.165) is 6.08 Å². The van der Waals surface area contributed by atoms with Crippen molar-refractivity contribution in [3.05, 3.63) is 29.5 Å². The number of carboxylic acids is 1. The summed E-state index contributed by atoms with van der Waals surface area (Å²) in [5.41, 5.74) is 1.02. The molecule has 1 rings (SSSR count). The molecule has 0 saturated heterocycles. The number of hydrogen-bond acceptors (Lipinski definition) is 4. The summed E-state index contributed by atoms with van der Waals surface area (Å²) < 4.78 is 0. The lowest BCUT2D eigenvalue weighted by Crippen LogP contribution is -1.91. The van der Waals surface area contributed by atoms with Gasteiger partial charge in [-0.2, -0.15) is 5.26 Å². The molecule has 0 bridgehead atoms. The third kappa shape index (κ3) is 3.11. The first-order valence-corrected chi connectivity index (χ1v) is 5.26. The van der Waals surface area contributed by atoms with E-state index in [1.165, 1.54) is 17.8 Å². The van der Waals surface area contributed by atoms with E-state index in [0.29, 0.717) is 16.3 Å². The van der Waals surface area contributed by atoms with E-state index in [-0.39, 0.29) is 0 Å². The predicted molar refractivity (Wildman–Crippen MR) is 57.4 cm³/mol. The van der Waals surface area contributed by atoms with Gasteiger partial charge in [-0.3, -0.25) is 0 Å². The van der Waals surface area contributed by atoms with Crippen molar-refractivity contribution >= 4 is 23.8 Å². The monoisotopic (exact) mass is 220 g/mol. The van der Waals surface area contributed by atoms with Gasteiger partial charge in [0.1, 0.15) is 11.1 Å². The molecule has 5 heteroatoms. The van der Waals surface area contributed by atoms with E-state index in [4.69, 9.17) is 10.4 Å². The quantitative estimate of drug-likeness (QED) is 0.620. The molecule has 0 saturated carbocycles. The summed E-state index contributed by atoms with van der Waals surface area (Å²) in [5, 5.41) is 17.8. The van der Waals surface area contributed by atoms with Crippen LogP contribution in [-0.4, -0.2) is 22.3 Å². The fourth-order valence-corrected chi connectivity index (χ4v) is 1.48. The lowest BCUT2D eigenvalue weighted by Gasteiger charge is -1.99. The van der Waals surface area contributed by atoms with Gasteiger partial charge in [-0.1, -0.05) is 0 Å². The van der Waals surface area contributed by atoms with Crippen LogP contribution in [0.1, 0.15) is 11.3 Å². The van der Waals surface area contributed by atoms with Crippen LogP contribution in [0.5, 0.6) is 0 Å². The molecule has 76 valence electrons. The molecule has 1 aromatic rings. The van der Waals surface area contributed by atoms with Gasteiger partial charge in [-0.05, 0) is 24.5 Å². The fourth-order valence-electron chi connectivity index (χ4n) is 0.945. The van der Waals surface area contributed by atoms with Crippen molar-refractivity contribution in [2.24, 2.45) is 0 Å². The Balaban J connectivity index is 3.04. The van der Waals surface area contributed by atoms with Gasteiger partial charge in [-0.15, -0.1) is 11.8 Å². The van der Waals surface area contributed by atoms with Crippen molar-refractivity contribution < 1.29 is 9.90 Å². The van der Waals surface area contributed by atoms with Crippen molar-refractivity contribution in [3.63, 3.8) is 0 Å². The zero-order valence-corrected chi connectivity index (χ0v) is 8.78. The number of pyridine rings is 1. The molecule has 0 unspecified atom stereocenters. The smallest absolute Gasteiger partial charge is 0.328 e. The molecule has 15 heavy (non-hydrogen) atoms.